The minimum atomic E-state index is -2.48. The Morgan fingerprint density at radius 3 is 2.80 bits per heavy atom. The summed E-state index contributed by atoms with van der Waals surface area (Å²) in [5.74, 6) is -3.29. The zero-order valence-electron chi connectivity index (χ0n) is 8.29. The van der Waals surface area contributed by atoms with E-state index in [2.05, 4.69) is 4.74 Å². The Kier molecular flexibility index (Phi) is 3.63. The van der Waals surface area contributed by atoms with E-state index in [1.54, 1.807) is 0 Å². The molecule has 1 aliphatic rings. The van der Waals surface area contributed by atoms with Gasteiger partial charge in [-0.1, -0.05) is 0 Å². The zero-order valence-corrected chi connectivity index (χ0v) is 8.29. The Morgan fingerprint density at radius 2 is 2.33 bits per heavy atom. The van der Waals surface area contributed by atoms with Crippen LogP contribution in [0.1, 0.15) is 13.3 Å². The van der Waals surface area contributed by atoms with Gasteiger partial charge in [-0.25, -0.2) is 0 Å². The lowest BCUT2D eigenvalue weighted by Gasteiger charge is -2.41. The summed E-state index contributed by atoms with van der Waals surface area (Å²) in [6, 6.07) is -0.833. The molecule has 0 aliphatic carbocycles. The highest BCUT2D eigenvalue weighted by Crippen LogP contribution is 2.27. The molecule has 7 heteroatoms. The van der Waals surface area contributed by atoms with Gasteiger partial charge < -0.3 is 30.5 Å². The van der Waals surface area contributed by atoms with Crippen LogP contribution in [0.2, 0.25) is 0 Å². The summed E-state index contributed by atoms with van der Waals surface area (Å²) < 4.78 is 9.30. The van der Waals surface area contributed by atoms with E-state index in [0.717, 1.165) is 6.92 Å². The molecule has 5 N–H and O–H groups in total. The van der Waals surface area contributed by atoms with Crippen molar-refractivity contribution in [3.05, 3.63) is 0 Å². The van der Waals surface area contributed by atoms with Gasteiger partial charge in [0, 0.05) is 13.0 Å². The Hall–Kier alpha value is -0.730. The average molecular weight is 221 g/mol. The van der Waals surface area contributed by atoms with Crippen LogP contribution < -0.4 is 5.73 Å². The normalized spacial score (nSPS) is 41.3. The van der Waals surface area contributed by atoms with Crippen molar-refractivity contribution in [2.75, 3.05) is 6.61 Å². The van der Waals surface area contributed by atoms with Gasteiger partial charge in [0.25, 0.3) is 0 Å². The van der Waals surface area contributed by atoms with Gasteiger partial charge >= 0.3 is 11.9 Å². The van der Waals surface area contributed by atoms with Crippen molar-refractivity contribution in [2.24, 2.45) is 5.73 Å². The summed E-state index contributed by atoms with van der Waals surface area (Å²) in [4.78, 5) is 10.7. The van der Waals surface area contributed by atoms with Gasteiger partial charge in [0.05, 0.1) is 12.7 Å². The standard InChI is InChI=1S/C8H15NO6/c1-4(11)14-8(13)7(12)6(9)2-5(3-10)15-8/h5-7,10,12-13H,2-3,9H2,1H3/t5-,6+,7-,8-/m1/s1. The molecule has 1 heterocycles. The zero-order chi connectivity index (χ0) is 11.6. The molecule has 0 amide bonds. The number of hydrogen-bond acceptors (Lipinski definition) is 7. The number of rotatable bonds is 2. The lowest BCUT2D eigenvalue weighted by Crippen LogP contribution is -2.62. The molecule has 0 aromatic carbocycles. The van der Waals surface area contributed by atoms with Crippen molar-refractivity contribution in [3.63, 3.8) is 0 Å². The van der Waals surface area contributed by atoms with Crippen molar-refractivity contribution >= 4 is 5.97 Å². The first-order chi connectivity index (χ1) is 6.89. The molecule has 4 atom stereocenters. The third kappa shape index (κ3) is 2.64. The van der Waals surface area contributed by atoms with E-state index < -0.39 is 30.2 Å². The van der Waals surface area contributed by atoms with E-state index in [0.29, 0.717) is 0 Å². The van der Waals surface area contributed by atoms with Crippen molar-refractivity contribution in [3.8, 4) is 0 Å². The van der Waals surface area contributed by atoms with Crippen LogP contribution in [0.4, 0.5) is 0 Å². The molecule has 0 aromatic rings. The van der Waals surface area contributed by atoms with E-state index in [4.69, 9.17) is 15.6 Å². The van der Waals surface area contributed by atoms with Gasteiger partial charge in [-0.05, 0) is 6.42 Å². The molecule has 0 saturated carbocycles. The van der Waals surface area contributed by atoms with Gasteiger partial charge in [0.15, 0.2) is 6.10 Å². The number of ether oxygens (including phenoxy) is 2. The molecule has 0 spiro atoms. The highest BCUT2D eigenvalue weighted by molar-refractivity contribution is 5.66. The Bertz CT molecular complexity index is 247. The number of aliphatic hydroxyl groups is 3. The number of esters is 1. The molecule has 1 rings (SSSR count). The highest BCUT2D eigenvalue weighted by atomic mass is 16.8. The molecule has 0 aromatic heterocycles. The van der Waals surface area contributed by atoms with Gasteiger partial charge in [0.2, 0.25) is 0 Å². The van der Waals surface area contributed by atoms with Crippen LogP contribution in [-0.2, 0) is 14.3 Å². The SMILES string of the molecule is CC(=O)O[C@@]1(O)O[C@@H](CO)C[C@H](N)[C@H]1O. The summed E-state index contributed by atoms with van der Waals surface area (Å²) in [5, 5.41) is 28.0. The van der Waals surface area contributed by atoms with Crippen molar-refractivity contribution in [1.82, 2.24) is 0 Å². The predicted octanol–water partition coefficient (Wildman–Crippen LogP) is -2.33. The molecular formula is C8H15NO6. The fraction of sp³-hybridized carbons (Fsp3) is 0.875. The Balaban J connectivity index is 2.78. The van der Waals surface area contributed by atoms with Crippen LogP contribution >= 0.6 is 0 Å². The van der Waals surface area contributed by atoms with E-state index in [-0.39, 0.29) is 13.0 Å². The largest absolute Gasteiger partial charge is 0.406 e. The smallest absolute Gasteiger partial charge is 0.356 e. The summed E-state index contributed by atoms with van der Waals surface area (Å²) in [6.45, 7) is 0.673. The third-order valence-electron chi connectivity index (χ3n) is 2.14. The maximum atomic E-state index is 10.7. The van der Waals surface area contributed by atoms with Gasteiger partial charge in [0.1, 0.15) is 0 Å². The van der Waals surface area contributed by atoms with Crippen LogP contribution in [0.3, 0.4) is 0 Å². The second-order valence-electron chi connectivity index (χ2n) is 3.49. The number of carbonyl (C=O) groups excluding carboxylic acids is 1. The minimum absolute atomic E-state index is 0.168. The summed E-state index contributed by atoms with van der Waals surface area (Å²) in [7, 11) is 0. The summed E-state index contributed by atoms with van der Waals surface area (Å²) >= 11 is 0. The molecule has 1 fully saturated rings. The fourth-order valence-electron chi connectivity index (χ4n) is 1.46. The number of nitrogens with two attached hydrogens (primary N) is 1. The van der Waals surface area contributed by atoms with Crippen molar-refractivity contribution < 1.29 is 29.6 Å². The lowest BCUT2D eigenvalue weighted by molar-refractivity contribution is -0.409. The van der Waals surface area contributed by atoms with Gasteiger partial charge in [-0.3, -0.25) is 4.79 Å². The highest BCUT2D eigenvalue weighted by Gasteiger charge is 2.50. The Morgan fingerprint density at radius 1 is 1.73 bits per heavy atom. The fourth-order valence-corrected chi connectivity index (χ4v) is 1.46. The van der Waals surface area contributed by atoms with Crippen LogP contribution in [-0.4, -0.2) is 52.1 Å². The van der Waals surface area contributed by atoms with Crippen molar-refractivity contribution in [2.45, 2.75) is 37.6 Å². The number of carbonyl (C=O) groups is 1. The molecule has 0 radical (unpaired) electrons. The van der Waals surface area contributed by atoms with Gasteiger partial charge in [-0.2, -0.15) is 0 Å². The molecule has 88 valence electrons. The molecular weight excluding hydrogens is 206 g/mol. The second kappa shape index (κ2) is 4.42. The maximum absolute atomic E-state index is 10.7. The monoisotopic (exact) mass is 221 g/mol. The molecule has 1 saturated heterocycles. The average Bonchev–Trinajstić information content (AvgIpc) is 2.12. The van der Waals surface area contributed by atoms with E-state index in [1.807, 2.05) is 0 Å². The number of aliphatic hydroxyl groups excluding tert-OH is 2. The van der Waals surface area contributed by atoms with Crippen LogP contribution in [0.5, 0.6) is 0 Å². The topological polar surface area (TPSA) is 122 Å². The minimum Gasteiger partial charge on any atom is -0.406 e. The first kappa shape index (κ1) is 12.3. The molecule has 7 nitrogen and oxygen atoms in total. The molecule has 0 unspecified atom stereocenters. The molecule has 15 heavy (non-hydrogen) atoms. The van der Waals surface area contributed by atoms with Crippen LogP contribution in [0.15, 0.2) is 0 Å². The Labute approximate surface area is 86.4 Å². The first-order valence-corrected chi connectivity index (χ1v) is 4.53. The third-order valence-corrected chi connectivity index (χ3v) is 2.14. The molecule has 1 aliphatic heterocycles. The first-order valence-electron chi connectivity index (χ1n) is 4.53. The molecule has 0 bridgehead atoms. The van der Waals surface area contributed by atoms with Crippen LogP contribution in [0.25, 0.3) is 0 Å². The van der Waals surface area contributed by atoms with Crippen LogP contribution in [0, 0.1) is 0 Å². The van der Waals surface area contributed by atoms with E-state index in [1.165, 1.54) is 0 Å². The van der Waals surface area contributed by atoms with E-state index >= 15 is 0 Å². The number of hydrogen-bond donors (Lipinski definition) is 4. The quantitative estimate of drug-likeness (QED) is 0.304. The summed E-state index contributed by atoms with van der Waals surface area (Å²) in [6.07, 6.45) is -2.14. The van der Waals surface area contributed by atoms with Crippen molar-refractivity contribution in [1.29, 1.82) is 0 Å². The predicted molar refractivity (Wildman–Crippen MR) is 47.3 cm³/mol. The second-order valence-corrected chi connectivity index (χ2v) is 3.49. The lowest BCUT2D eigenvalue weighted by atomic mass is 9.99. The van der Waals surface area contributed by atoms with E-state index in [9.17, 15) is 15.0 Å². The maximum Gasteiger partial charge on any atom is 0.356 e. The van der Waals surface area contributed by atoms with Gasteiger partial charge in [-0.15, -0.1) is 0 Å². The summed E-state index contributed by atoms with van der Waals surface area (Å²) in [5.41, 5.74) is 5.50.